The van der Waals surface area contributed by atoms with Gasteiger partial charge in [-0.25, -0.2) is 13.2 Å². The van der Waals surface area contributed by atoms with Crippen LogP contribution in [-0.4, -0.2) is 17.8 Å². The summed E-state index contributed by atoms with van der Waals surface area (Å²) in [7, 11) is 0. The molecule has 0 aromatic heterocycles. The topological polar surface area (TPSA) is 0 Å². The maximum atomic E-state index is 13.3. The second-order valence-corrected chi connectivity index (χ2v) is 3.68. The van der Waals surface area contributed by atoms with E-state index in [4.69, 9.17) is 0 Å². The quantitative estimate of drug-likeness (QED) is 0.657. The Morgan fingerprint density at radius 2 is 1.44 bits per heavy atom. The molecule has 0 nitrogen and oxygen atoms in total. The summed E-state index contributed by atoms with van der Waals surface area (Å²) in [6.07, 6.45) is -5.56. The Morgan fingerprint density at radius 3 is 1.81 bits per heavy atom. The van der Waals surface area contributed by atoms with Gasteiger partial charge in [0, 0.05) is 0 Å². The van der Waals surface area contributed by atoms with Crippen LogP contribution in [0.4, 0.5) is 26.3 Å². The van der Waals surface area contributed by atoms with Gasteiger partial charge in [0.2, 0.25) is 0 Å². The zero-order valence-corrected chi connectivity index (χ0v) is 7.73. The normalized spacial score (nSPS) is 32.5. The average molecular weight is 240 g/mol. The number of hydrogen-bond acceptors (Lipinski definition) is 0. The summed E-state index contributed by atoms with van der Waals surface area (Å²) in [4.78, 5) is 0. The molecule has 1 fully saturated rings. The van der Waals surface area contributed by atoms with Crippen LogP contribution in [-0.2, 0) is 0 Å². The molecular weight excluding hydrogens is 234 g/mol. The van der Waals surface area contributed by atoms with Gasteiger partial charge in [-0.15, -0.1) is 0 Å². The Balaban J connectivity index is 2.41. The first-order valence-corrected chi connectivity index (χ1v) is 4.41. The van der Waals surface area contributed by atoms with Crippen molar-refractivity contribution >= 4 is 0 Å². The van der Waals surface area contributed by atoms with E-state index < -0.39 is 23.7 Å². The van der Waals surface area contributed by atoms with Crippen LogP contribution in [0.25, 0.3) is 0 Å². The van der Waals surface area contributed by atoms with E-state index in [2.05, 4.69) is 0 Å². The van der Waals surface area contributed by atoms with E-state index in [9.17, 15) is 26.3 Å². The molecule has 6 heteroatoms. The summed E-state index contributed by atoms with van der Waals surface area (Å²) in [5.41, 5.74) is -4.77. The van der Waals surface area contributed by atoms with Gasteiger partial charge in [0.15, 0.2) is 0 Å². The van der Waals surface area contributed by atoms with Gasteiger partial charge in [0.1, 0.15) is 5.92 Å². The molecule has 1 aliphatic rings. The molecule has 2 atom stereocenters. The van der Waals surface area contributed by atoms with Crippen molar-refractivity contribution in [1.29, 1.82) is 0 Å². The molecule has 16 heavy (non-hydrogen) atoms. The summed E-state index contributed by atoms with van der Waals surface area (Å²) in [6.45, 7) is 0. The zero-order valence-electron chi connectivity index (χ0n) is 7.73. The van der Waals surface area contributed by atoms with Crippen molar-refractivity contribution in [2.45, 2.75) is 23.7 Å². The lowest BCUT2D eigenvalue weighted by molar-refractivity contribution is -0.217. The molecule has 1 aromatic rings. The Bertz CT molecular complexity index is 396. The fourth-order valence-corrected chi connectivity index (χ4v) is 1.81. The van der Waals surface area contributed by atoms with Gasteiger partial charge in [-0.3, -0.25) is 0 Å². The summed E-state index contributed by atoms with van der Waals surface area (Å²) in [5, 5.41) is 0. The van der Waals surface area contributed by atoms with Crippen LogP contribution in [0.5, 0.6) is 0 Å². The second-order valence-electron chi connectivity index (χ2n) is 3.68. The Labute approximate surface area is 86.9 Å². The van der Waals surface area contributed by atoms with Crippen molar-refractivity contribution < 1.29 is 26.3 Å². The molecule has 2 rings (SSSR count). The van der Waals surface area contributed by atoms with Gasteiger partial charge < -0.3 is 0 Å². The summed E-state index contributed by atoms with van der Waals surface area (Å²) in [6, 6.07) is 6.16. The standard InChI is InChI=1S/C10H6F6/c11-8(10(14,15)16)7(9(8,12)13)6-4-2-1-3-5-6/h1-5,7H. The maximum Gasteiger partial charge on any atom is 0.429 e. The van der Waals surface area contributed by atoms with E-state index >= 15 is 0 Å². The van der Waals surface area contributed by atoms with Crippen molar-refractivity contribution in [2.24, 2.45) is 0 Å². The van der Waals surface area contributed by atoms with Crippen LogP contribution in [0.1, 0.15) is 11.5 Å². The Kier molecular flexibility index (Phi) is 2.06. The number of hydrogen-bond donors (Lipinski definition) is 0. The van der Waals surface area contributed by atoms with Crippen molar-refractivity contribution in [3.63, 3.8) is 0 Å². The van der Waals surface area contributed by atoms with Crippen molar-refractivity contribution in [3.8, 4) is 0 Å². The van der Waals surface area contributed by atoms with Crippen LogP contribution in [0.3, 0.4) is 0 Å². The highest BCUT2D eigenvalue weighted by atomic mass is 19.4. The van der Waals surface area contributed by atoms with Crippen molar-refractivity contribution in [1.82, 2.24) is 0 Å². The fourth-order valence-electron chi connectivity index (χ4n) is 1.81. The van der Waals surface area contributed by atoms with Crippen LogP contribution >= 0.6 is 0 Å². The molecule has 0 radical (unpaired) electrons. The lowest BCUT2D eigenvalue weighted by atomic mass is 10.1. The first kappa shape index (κ1) is 11.3. The van der Waals surface area contributed by atoms with Crippen LogP contribution in [0, 0.1) is 0 Å². The van der Waals surface area contributed by atoms with Crippen LogP contribution < -0.4 is 0 Å². The average Bonchev–Trinajstić information content (AvgIpc) is 2.63. The number of rotatable bonds is 1. The lowest BCUT2D eigenvalue weighted by Crippen LogP contribution is -2.32. The first-order chi connectivity index (χ1) is 7.23. The smallest absolute Gasteiger partial charge is 0.226 e. The summed E-state index contributed by atoms with van der Waals surface area (Å²) in [5.74, 6) is -6.81. The van der Waals surface area contributed by atoms with E-state index in [-0.39, 0.29) is 5.56 Å². The summed E-state index contributed by atoms with van der Waals surface area (Å²) < 4.78 is 75.7. The minimum Gasteiger partial charge on any atom is -0.226 e. The predicted octanol–water partition coefficient (Wildman–Crippen LogP) is 3.69. The molecule has 0 N–H and O–H groups in total. The summed E-state index contributed by atoms with van der Waals surface area (Å²) >= 11 is 0. The van der Waals surface area contributed by atoms with Gasteiger partial charge >= 0.3 is 12.1 Å². The van der Waals surface area contributed by atoms with Gasteiger partial charge in [0.25, 0.3) is 5.67 Å². The monoisotopic (exact) mass is 240 g/mol. The third-order valence-electron chi connectivity index (χ3n) is 2.71. The van der Waals surface area contributed by atoms with Crippen molar-refractivity contribution in [3.05, 3.63) is 35.9 Å². The highest BCUT2D eigenvalue weighted by Gasteiger charge is 2.93. The molecule has 0 bridgehead atoms. The third-order valence-corrected chi connectivity index (χ3v) is 2.71. The van der Waals surface area contributed by atoms with Gasteiger partial charge in [0.05, 0.1) is 0 Å². The van der Waals surface area contributed by atoms with Gasteiger partial charge in [-0.1, -0.05) is 30.3 Å². The van der Waals surface area contributed by atoms with Crippen LogP contribution in [0.2, 0.25) is 0 Å². The number of halogens is 6. The highest BCUT2D eigenvalue weighted by Crippen LogP contribution is 2.72. The lowest BCUT2D eigenvalue weighted by Gasteiger charge is -2.10. The van der Waals surface area contributed by atoms with E-state index in [1.165, 1.54) is 18.2 Å². The minimum absolute atomic E-state index is 0.340. The minimum atomic E-state index is -5.56. The molecule has 88 valence electrons. The fraction of sp³-hybridized carbons (Fsp3) is 0.400. The first-order valence-electron chi connectivity index (χ1n) is 4.41. The molecule has 0 amide bonds. The van der Waals surface area contributed by atoms with Gasteiger partial charge in [-0.05, 0) is 5.56 Å². The molecule has 0 aliphatic heterocycles. The predicted molar refractivity (Wildman–Crippen MR) is 44.0 cm³/mol. The van der Waals surface area contributed by atoms with E-state index in [0.717, 1.165) is 12.1 Å². The number of alkyl halides is 6. The molecule has 1 saturated carbocycles. The van der Waals surface area contributed by atoms with E-state index in [0.29, 0.717) is 0 Å². The molecular formula is C10H6F6. The molecule has 1 aromatic carbocycles. The maximum absolute atomic E-state index is 13.3. The molecule has 0 heterocycles. The molecule has 1 aliphatic carbocycles. The van der Waals surface area contributed by atoms with E-state index in [1.54, 1.807) is 0 Å². The van der Waals surface area contributed by atoms with E-state index in [1.807, 2.05) is 0 Å². The van der Waals surface area contributed by atoms with Gasteiger partial charge in [-0.2, -0.15) is 13.2 Å². The largest absolute Gasteiger partial charge is 0.429 e. The highest BCUT2D eigenvalue weighted by molar-refractivity contribution is 5.41. The second kappa shape index (κ2) is 2.93. The Morgan fingerprint density at radius 1 is 0.938 bits per heavy atom. The Hall–Kier alpha value is -1.20. The molecule has 0 saturated heterocycles. The molecule has 2 unspecified atom stereocenters. The third kappa shape index (κ3) is 1.18. The van der Waals surface area contributed by atoms with Crippen LogP contribution in [0.15, 0.2) is 30.3 Å². The van der Waals surface area contributed by atoms with Crippen molar-refractivity contribution in [2.75, 3.05) is 0 Å². The zero-order chi connectivity index (χ0) is 12.2. The molecule has 0 spiro atoms. The SMILES string of the molecule is FC(F)(F)C1(F)C(c2ccccc2)C1(F)F. The number of benzene rings is 1.